The van der Waals surface area contributed by atoms with Gasteiger partial charge in [0.1, 0.15) is 5.82 Å². The Bertz CT molecular complexity index is 341. The topological polar surface area (TPSA) is 35.2 Å². The van der Waals surface area contributed by atoms with E-state index in [0.29, 0.717) is 18.6 Å². The predicted molar refractivity (Wildman–Crippen MR) is 59.6 cm³/mol. The van der Waals surface area contributed by atoms with Crippen molar-refractivity contribution in [2.75, 3.05) is 13.7 Å². The minimum atomic E-state index is -0.583. The lowest BCUT2D eigenvalue weighted by molar-refractivity contribution is 0.140. The van der Waals surface area contributed by atoms with Crippen LogP contribution < -0.4 is 5.73 Å². The van der Waals surface area contributed by atoms with E-state index in [1.165, 1.54) is 6.07 Å². The summed E-state index contributed by atoms with van der Waals surface area (Å²) in [5.41, 5.74) is 5.88. The molecule has 0 spiro atoms. The van der Waals surface area contributed by atoms with Crippen LogP contribution in [0.2, 0.25) is 5.02 Å². The zero-order valence-corrected chi connectivity index (χ0v) is 9.64. The molecule has 0 heterocycles. The van der Waals surface area contributed by atoms with E-state index in [0.717, 1.165) is 0 Å². The minimum Gasteiger partial charge on any atom is -0.383 e. The first-order valence-corrected chi connectivity index (χ1v) is 5.05. The smallest absolute Gasteiger partial charge is 0.145 e. The third kappa shape index (κ3) is 3.45. The van der Waals surface area contributed by atoms with Crippen LogP contribution in [0.15, 0.2) is 18.2 Å². The molecule has 0 radical (unpaired) electrons. The highest BCUT2D eigenvalue weighted by molar-refractivity contribution is 6.30. The number of nitrogens with two attached hydrogens (primary N) is 1. The fourth-order valence-corrected chi connectivity index (χ4v) is 1.69. The van der Waals surface area contributed by atoms with Gasteiger partial charge in [0.25, 0.3) is 0 Å². The number of hydrogen-bond donors (Lipinski definition) is 1. The van der Waals surface area contributed by atoms with Gasteiger partial charge < -0.3 is 10.5 Å². The maximum absolute atomic E-state index is 13.5. The molecule has 15 heavy (non-hydrogen) atoms. The second-order valence-corrected chi connectivity index (χ2v) is 4.38. The van der Waals surface area contributed by atoms with Crippen molar-refractivity contribution in [3.63, 3.8) is 0 Å². The molecule has 1 rings (SSSR count). The second-order valence-electron chi connectivity index (χ2n) is 3.98. The molecule has 0 aliphatic heterocycles. The van der Waals surface area contributed by atoms with E-state index in [4.69, 9.17) is 22.1 Å². The summed E-state index contributed by atoms with van der Waals surface area (Å²) < 4.78 is 18.5. The van der Waals surface area contributed by atoms with Gasteiger partial charge >= 0.3 is 0 Å². The van der Waals surface area contributed by atoms with Crippen molar-refractivity contribution in [2.24, 2.45) is 5.73 Å². The van der Waals surface area contributed by atoms with Gasteiger partial charge in [0.2, 0.25) is 0 Å². The molecular formula is C11H15ClFNO. The maximum atomic E-state index is 13.5. The van der Waals surface area contributed by atoms with Gasteiger partial charge in [0.05, 0.1) is 11.6 Å². The normalized spacial score (nSPS) is 15.0. The van der Waals surface area contributed by atoms with Crippen LogP contribution in [0.4, 0.5) is 4.39 Å². The van der Waals surface area contributed by atoms with E-state index in [9.17, 15) is 4.39 Å². The van der Waals surface area contributed by atoms with Crippen molar-refractivity contribution >= 4 is 11.6 Å². The second kappa shape index (κ2) is 4.92. The Morgan fingerprint density at radius 3 is 2.80 bits per heavy atom. The fraction of sp³-hybridized carbons (Fsp3) is 0.455. The molecule has 1 aromatic carbocycles. The lowest BCUT2D eigenvalue weighted by Crippen LogP contribution is -2.43. The maximum Gasteiger partial charge on any atom is 0.145 e. The molecule has 1 unspecified atom stereocenters. The average Bonchev–Trinajstić information content (AvgIpc) is 2.12. The van der Waals surface area contributed by atoms with Crippen LogP contribution in [-0.2, 0) is 11.2 Å². The Morgan fingerprint density at radius 1 is 1.53 bits per heavy atom. The predicted octanol–water partition coefficient (Wildman–Crippen LogP) is 2.39. The van der Waals surface area contributed by atoms with E-state index in [2.05, 4.69) is 0 Å². The molecule has 1 atom stereocenters. The van der Waals surface area contributed by atoms with Crippen molar-refractivity contribution in [3.05, 3.63) is 34.6 Å². The molecule has 84 valence electrons. The lowest BCUT2D eigenvalue weighted by Gasteiger charge is -2.23. The van der Waals surface area contributed by atoms with Crippen LogP contribution in [0.3, 0.4) is 0 Å². The Balaban J connectivity index is 2.85. The number of halogens is 2. The molecular weight excluding hydrogens is 217 g/mol. The molecule has 0 fully saturated rings. The fourth-order valence-electron chi connectivity index (χ4n) is 1.50. The van der Waals surface area contributed by atoms with Crippen LogP contribution in [0.1, 0.15) is 12.5 Å². The molecule has 0 amide bonds. The third-order valence-corrected chi connectivity index (χ3v) is 2.39. The van der Waals surface area contributed by atoms with E-state index in [1.807, 2.05) is 6.92 Å². The summed E-state index contributed by atoms with van der Waals surface area (Å²) in [6.07, 6.45) is 0.396. The molecule has 1 aromatic rings. The number of hydrogen-bond acceptors (Lipinski definition) is 2. The zero-order valence-electron chi connectivity index (χ0n) is 8.89. The molecule has 0 bridgehead atoms. The van der Waals surface area contributed by atoms with Crippen molar-refractivity contribution in [3.8, 4) is 0 Å². The van der Waals surface area contributed by atoms with Crippen LogP contribution in [0.25, 0.3) is 0 Å². The Kier molecular flexibility index (Phi) is 4.08. The number of methoxy groups -OCH3 is 1. The monoisotopic (exact) mass is 231 g/mol. The Labute approximate surface area is 94.2 Å². The SMILES string of the molecule is COCC(C)(N)Cc1cccc(Cl)c1F. The summed E-state index contributed by atoms with van der Waals surface area (Å²) >= 11 is 5.67. The molecule has 0 saturated heterocycles. The highest BCUT2D eigenvalue weighted by Crippen LogP contribution is 2.21. The summed E-state index contributed by atoms with van der Waals surface area (Å²) in [6, 6.07) is 4.91. The lowest BCUT2D eigenvalue weighted by atomic mass is 9.94. The first-order valence-electron chi connectivity index (χ1n) is 4.67. The standard InChI is InChI=1S/C11H15ClFNO/c1-11(14,7-15-2)6-8-4-3-5-9(12)10(8)13/h3-5H,6-7,14H2,1-2H3. The minimum absolute atomic E-state index is 0.126. The van der Waals surface area contributed by atoms with Gasteiger partial charge in [-0.3, -0.25) is 0 Å². The molecule has 2 N–H and O–H groups in total. The first-order chi connectivity index (χ1) is 6.96. The van der Waals surface area contributed by atoms with Crippen LogP contribution in [-0.4, -0.2) is 19.3 Å². The van der Waals surface area contributed by atoms with Gasteiger partial charge in [-0.15, -0.1) is 0 Å². The van der Waals surface area contributed by atoms with E-state index in [-0.39, 0.29) is 5.02 Å². The summed E-state index contributed by atoms with van der Waals surface area (Å²) in [7, 11) is 1.57. The van der Waals surface area contributed by atoms with Crippen molar-refractivity contribution in [1.29, 1.82) is 0 Å². The highest BCUT2D eigenvalue weighted by Gasteiger charge is 2.21. The van der Waals surface area contributed by atoms with Crippen molar-refractivity contribution < 1.29 is 9.13 Å². The Morgan fingerprint density at radius 2 is 2.20 bits per heavy atom. The number of benzene rings is 1. The van der Waals surface area contributed by atoms with Crippen LogP contribution >= 0.6 is 11.6 Å². The molecule has 4 heteroatoms. The van der Waals surface area contributed by atoms with Gasteiger partial charge in [0, 0.05) is 12.6 Å². The zero-order chi connectivity index (χ0) is 11.5. The van der Waals surface area contributed by atoms with Gasteiger partial charge in [0.15, 0.2) is 0 Å². The van der Waals surface area contributed by atoms with Gasteiger partial charge in [-0.1, -0.05) is 23.7 Å². The molecule has 2 nitrogen and oxygen atoms in total. The number of ether oxygens (including phenoxy) is 1. The van der Waals surface area contributed by atoms with Gasteiger partial charge in [-0.05, 0) is 25.0 Å². The van der Waals surface area contributed by atoms with Gasteiger partial charge in [-0.2, -0.15) is 0 Å². The summed E-state index contributed by atoms with van der Waals surface area (Å²) in [4.78, 5) is 0. The van der Waals surface area contributed by atoms with Gasteiger partial charge in [-0.25, -0.2) is 4.39 Å². The van der Waals surface area contributed by atoms with Crippen molar-refractivity contribution in [2.45, 2.75) is 18.9 Å². The molecule has 0 aromatic heterocycles. The third-order valence-electron chi connectivity index (χ3n) is 2.10. The molecule has 0 aliphatic carbocycles. The quantitative estimate of drug-likeness (QED) is 0.864. The van der Waals surface area contributed by atoms with Crippen molar-refractivity contribution in [1.82, 2.24) is 0 Å². The first kappa shape index (κ1) is 12.4. The van der Waals surface area contributed by atoms with E-state index >= 15 is 0 Å². The molecule has 0 aliphatic rings. The van der Waals surface area contributed by atoms with E-state index in [1.54, 1.807) is 19.2 Å². The summed E-state index contributed by atoms with van der Waals surface area (Å²) in [5, 5.41) is 0.126. The van der Waals surface area contributed by atoms with E-state index < -0.39 is 11.4 Å². The van der Waals surface area contributed by atoms with Crippen LogP contribution in [0.5, 0.6) is 0 Å². The largest absolute Gasteiger partial charge is 0.383 e. The average molecular weight is 232 g/mol. The summed E-state index contributed by atoms with van der Waals surface area (Å²) in [5.74, 6) is -0.396. The Hall–Kier alpha value is -0.640. The number of rotatable bonds is 4. The molecule has 0 saturated carbocycles. The summed E-state index contributed by atoms with van der Waals surface area (Å²) in [6.45, 7) is 2.19. The van der Waals surface area contributed by atoms with Crippen LogP contribution in [0, 0.1) is 5.82 Å². The highest BCUT2D eigenvalue weighted by atomic mass is 35.5.